The van der Waals surface area contributed by atoms with Gasteiger partial charge >= 0.3 is 0 Å². The average molecular weight is 471 g/mol. The van der Waals surface area contributed by atoms with E-state index in [0.29, 0.717) is 11.8 Å². The fraction of sp³-hybridized carbons (Fsp3) is 0.370. The van der Waals surface area contributed by atoms with Gasteiger partial charge < -0.3 is 4.98 Å². The number of fused-ring (bicyclic) bond motifs is 2. The van der Waals surface area contributed by atoms with Gasteiger partial charge in [0.1, 0.15) is 11.3 Å². The third-order valence-electron chi connectivity index (χ3n) is 7.19. The van der Waals surface area contributed by atoms with Crippen LogP contribution >= 0.6 is 11.3 Å². The maximum absolute atomic E-state index is 4.46. The summed E-state index contributed by atoms with van der Waals surface area (Å²) in [5.41, 5.74) is 8.46. The summed E-state index contributed by atoms with van der Waals surface area (Å²) >= 11 is 1.76. The minimum Gasteiger partial charge on any atom is -0.354 e. The first-order chi connectivity index (χ1) is 16.6. The van der Waals surface area contributed by atoms with Crippen molar-refractivity contribution in [2.75, 3.05) is 13.1 Å². The largest absolute Gasteiger partial charge is 0.354 e. The molecule has 5 aromatic rings. The molecule has 6 nitrogen and oxygen atoms in total. The van der Waals surface area contributed by atoms with Crippen LogP contribution in [0.4, 0.5) is 0 Å². The quantitative estimate of drug-likeness (QED) is 0.335. The van der Waals surface area contributed by atoms with E-state index in [2.05, 4.69) is 81.6 Å². The second-order valence-electron chi connectivity index (χ2n) is 9.79. The number of H-pyrrole nitrogens is 1. The van der Waals surface area contributed by atoms with Crippen LogP contribution in [0, 0.1) is 6.92 Å². The number of rotatable bonds is 5. The Morgan fingerprint density at radius 1 is 1.15 bits per heavy atom. The lowest BCUT2D eigenvalue weighted by molar-refractivity contribution is 0.204. The zero-order valence-corrected chi connectivity index (χ0v) is 20.8. The van der Waals surface area contributed by atoms with Crippen LogP contribution in [0.5, 0.6) is 0 Å². The molecule has 174 valence electrons. The van der Waals surface area contributed by atoms with Crippen molar-refractivity contribution in [2.24, 2.45) is 0 Å². The maximum Gasteiger partial charge on any atom is 0.158 e. The molecule has 0 atom stereocenters. The van der Waals surface area contributed by atoms with Gasteiger partial charge in [0, 0.05) is 34.2 Å². The molecule has 4 aromatic heterocycles. The number of piperidine rings is 1. The first-order valence-corrected chi connectivity index (χ1v) is 13.0. The van der Waals surface area contributed by atoms with Crippen molar-refractivity contribution in [3.63, 3.8) is 0 Å². The molecule has 0 spiro atoms. The molecule has 1 fully saturated rings. The van der Waals surface area contributed by atoms with Crippen molar-refractivity contribution in [2.45, 2.75) is 52.0 Å². The molecule has 1 aliphatic rings. The Kier molecular flexibility index (Phi) is 5.46. The highest BCUT2D eigenvalue weighted by atomic mass is 32.1. The van der Waals surface area contributed by atoms with Crippen LogP contribution in [0.1, 0.15) is 60.2 Å². The fourth-order valence-corrected chi connectivity index (χ4v) is 6.15. The number of hydrogen-bond acceptors (Lipinski definition) is 5. The summed E-state index contributed by atoms with van der Waals surface area (Å²) in [6.07, 6.45) is 8.02. The van der Waals surface area contributed by atoms with Crippen LogP contribution in [0.25, 0.3) is 27.8 Å². The molecule has 0 aliphatic carbocycles. The van der Waals surface area contributed by atoms with E-state index in [9.17, 15) is 0 Å². The summed E-state index contributed by atoms with van der Waals surface area (Å²) in [5.74, 6) is 1.02. The van der Waals surface area contributed by atoms with Gasteiger partial charge in [-0.2, -0.15) is 5.10 Å². The number of thiazole rings is 1. The molecule has 0 unspecified atom stereocenters. The predicted molar refractivity (Wildman–Crippen MR) is 138 cm³/mol. The van der Waals surface area contributed by atoms with Gasteiger partial charge in [0.15, 0.2) is 5.65 Å². The van der Waals surface area contributed by atoms with E-state index >= 15 is 0 Å². The number of nitrogens with zero attached hydrogens (tertiary/aromatic N) is 5. The fourth-order valence-electron chi connectivity index (χ4n) is 5.49. The number of likely N-dealkylation sites (tertiary alicyclic amines) is 1. The lowest BCUT2D eigenvalue weighted by Gasteiger charge is -2.31. The number of pyridine rings is 1. The monoisotopic (exact) mass is 470 g/mol. The number of aryl methyl sites for hydroxylation is 1. The van der Waals surface area contributed by atoms with Crippen molar-refractivity contribution in [1.29, 1.82) is 0 Å². The third-order valence-corrected chi connectivity index (χ3v) is 7.95. The topological polar surface area (TPSA) is 62.1 Å². The first kappa shape index (κ1) is 21.5. The molecule has 0 radical (unpaired) electrons. The third kappa shape index (κ3) is 3.83. The van der Waals surface area contributed by atoms with Gasteiger partial charge in [-0.15, -0.1) is 11.3 Å². The molecular formula is C27H30N6S. The molecule has 7 heteroatoms. The van der Waals surface area contributed by atoms with E-state index < -0.39 is 0 Å². The number of aromatic amines is 1. The van der Waals surface area contributed by atoms with E-state index in [0.717, 1.165) is 36.4 Å². The highest BCUT2D eigenvalue weighted by Crippen LogP contribution is 2.38. The standard InChI is InChI=1S/C27H30N6S/c1-17(2)25-22-13-20(19-6-9-32(10-7-19)15-24-28-8-11-34-24)4-5-23(22)31-26(25)21-12-18(3)27-29-16-30-33(27)14-21/h4-5,8,11-14,16-17,19,31H,6-7,9-10,15H2,1-3H3. The molecule has 1 N–H and O–H groups in total. The van der Waals surface area contributed by atoms with Crippen LogP contribution < -0.4 is 0 Å². The average Bonchev–Trinajstić information content (AvgIpc) is 3.58. The molecule has 0 amide bonds. The number of aromatic nitrogens is 5. The maximum atomic E-state index is 4.46. The van der Waals surface area contributed by atoms with E-state index in [-0.39, 0.29) is 0 Å². The zero-order valence-electron chi connectivity index (χ0n) is 20.0. The summed E-state index contributed by atoms with van der Waals surface area (Å²) < 4.78 is 1.88. The van der Waals surface area contributed by atoms with Gasteiger partial charge in [0.05, 0.1) is 12.2 Å². The Bertz CT molecular complexity index is 1440. The molecule has 5 heterocycles. The first-order valence-electron chi connectivity index (χ1n) is 12.1. The number of benzene rings is 1. The van der Waals surface area contributed by atoms with Gasteiger partial charge in [-0.3, -0.25) is 4.90 Å². The lowest BCUT2D eigenvalue weighted by Crippen LogP contribution is -2.32. The molecule has 1 aromatic carbocycles. The molecule has 1 aliphatic heterocycles. The molecule has 0 bridgehead atoms. The van der Waals surface area contributed by atoms with E-state index in [4.69, 9.17) is 0 Å². The van der Waals surface area contributed by atoms with Gasteiger partial charge in [0.25, 0.3) is 0 Å². The van der Waals surface area contributed by atoms with Crippen LogP contribution in [0.3, 0.4) is 0 Å². The van der Waals surface area contributed by atoms with Crippen LogP contribution in [0.2, 0.25) is 0 Å². The molecule has 34 heavy (non-hydrogen) atoms. The van der Waals surface area contributed by atoms with Crippen molar-refractivity contribution >= 4 is 27.9 Å². The second-order valence-corrected chi connectivity index (χ2v) is 10.8. The van der Waals surface area contributed by atoms with Crippen molar-refractivity contribution in [1.82, 2.24) is 29.5 Å². The summed E-state index contributed by atoms with van der Waals surface area (Å²) in [4.78, 5) is 15.1. The van der Waals surface area contributed by atoms with Crippen LogP contribution in [-0.4, -0.2) is 42.6 Å². The SMILES string of the molecule is Cc1cc(-c2[nH]c3ccc(C4CCN(Cc5nccs5)CC4)cc3c2C(C)C)cn2ncnc12. The normalized spacial score (nSPS) is 15.8. The number of hydrogen-bond donors (Lipinski definition) is 1. The van der Waals surface area contributed by atoms with Crippen LogP contribution in [0.15, 0.2) is 48.4 Å². The van der Waals surface area contributed by atoms with E-state index in [1.807, 2.05) is 10.7 Å². The van der Waals surface area contributed by atoms with Gasteiger partial charge in [-0.1, -0.05) is 19.9 Å². The van der Waals surface area contributed by atoms with Crippen molar-refractivity contribution in [3.05, 3.63) is 70.1 Å². The zero-order chi connectivity index (χ0) is 23.2. The lowest BCUT2D eigenvalue weighted by atomic mass is 9.87. The molecule has 0 saturated carbocycles. The summed E-state index contributed by atoms with van der Waals surface area (Å²) in [6, 6.07) is 9.29. The van der Waals surface area contributed by atoms with Crippen LogP contribution in [-0.2, 0) is 6.54 Å². The van der Waals surface area contributed by atoms with Gasteiger partial charge in [-0.05, 0) is 79.6 Å². The molecule has 1 saturated heterocycles. The summed E-state index contributed by atoms with van der Waals surface area (Å²) in [5, 5.41) is 9.03. The van der Waals surface area contributed by atoms with Crippen molar-refractivity contribution < 1.29 is 0 Å². The molecular weight excluding hydrogens is 440 g/mol. The van der Waals surface area contributed by atoms with Crippen molar-refractivity contribution in [3.8, 4) is 11.3 Å². The van der Waals surface area contributed by atoms with E-state index in [1.54, 1.807) is 17.7 Å². The smallest absolute Gasteiger partial charge is 0.158 e. The second kappa shape index (κ2) is 8.64. The summed E-state index contributed by atoms with van der Waals surface area (Å²) in [6.45, 7) is 9.93. The Hall–Kier alpha value is -3.03. The predicted octanol–water partition coefficient (Wildman–Crippen LogP) is 6.15. The highest BCUT2D eigenvalue weighted by molar-refractivity contribution is 7.09. The Labute approximate surface area is 203 Å². The Balaban J connectivity index is 1.31. The van der Waals surface area contributed by atoms with Gasteiger partial charge in [-0.25, -0.2) is 14.5 Å². The van der Waals surface area contributed by atoms with Gasteiger partial charge in [0.2, 0.25) is 0 Å². The summed E-state index contributed by atoms with van der Waals surface area (Å²) in [7, 11) is 0. The Morgan fingerprint density at radius 2 is 2.00 bits per heavy atom. The van der Waals surface area contributed by atoms with E-state index in [1.165, 1.54) is 45.6 Å². The Morgan fingerprint density at radius 3 is 2.76 bits per heavy atom. The minimum atomic E-state index is 0.408. The number of nitrogens with one attached hydrogen (secondary N) is 1. The minimum absolute atomic E-state index is 0.408. The highest BCUT2D eigenvalue weighted by Gasteiger charge is 2.23. The molecule has 6 rings (SSSR count).